The number of benzene rings is 1. The van der Waals surface area contributed by atoms with Crippen LogP contribution in [0, 0.1) is 0 Å². The van der Waals surface area contributed by atoms with Crippen molar-refractivity contribution in [3.63, 3.8) is 0 Å². The lowest BCUT2D eigenvalue weighted by molar-refractivity contribution is 0.795. The van der Waals surface area contributed by atoms with E-state index in [1.807, 2.05) is 0 Å². The molecule has 0 nitrogen and oxygen atoms in total. The Bertz CT molecular complexity index is 255. The smallest absolute Gasteiger partial charge is 0.0249 e. The molecule has 2 rings (SSSR count). The third-order valence-electron chi connectivity index (χ3n) is 2.57. The van der Waals surface area contributed by atoms with Crippen LogP contribution >= 0.6 is 15.9 Å². The Hall–Kier alpha value is -0.300. The highest BCUT2D eigenvalue weighted by Gasteiger charge is 2.49. The summed E-state index contributed by atoms with van der Waals surface area (Å²) in [5.41, 5.74) is 1.88. The minimum absolute atomic E-state index is 0.418. The summed E-state index contributed by atoms with van der Waals surface area (Å²) in [6.45, 7) is 2.31. The SMILES string of the molecule is C[C@]1(c2ccccc2)CC1Br. The zero-order valence-electron chi connectivity index (χ0n) is 6.55. The first-order chi connectivity index (χ1) is 5.23. The van der Waals surface area contributed by atoms with Gasteiger partial charge in [0.1, 0.15) is 0 Å². The summed E-state index contributed by atoms with van der Waals surface area (Å²) in [5.74, 6) is 0. The molecule has 1 fully saturated rings. The van der Waals surface area contributed by atoms with Crippen molar-refractivity contribution >= 4 is 15.9 Å². The molecule has 11 heavy (non-hydrogen) atoms. The van der Waals surface area contributed by atoms with Crippen molar-refractivity contribution in [3.05, 3.63) is 35.9 Å². The maximum absolute atomic E-state index is 3.64. The monoisotopic (exact) mass is 210 g/mol. The molecule has 1 heteroatoms. The summed E-state index contributed by atoms with van der Waals surface area (Å²) in [6.07, 6.45) is 1.27. The van der Waals surface area contributed by atoms with E-state index in [-0.39, 0.29) is 0 Å². The Morgan fingerprint density at radius 3 is 2.36 bits per heavy atom. The highest BCUT2D eigenvalue weighted by atomic mass is 79.9. The number of rotatable bonds is 1. The van der Waals surface area contributed by atoms with Gasteiger partial charge < -0.3 is 0 Å². The largest absolute Gasteiger partial charge is 0.0881 e. The van der Waals surface area contributed by atoms with Gasteiger partial charge in [-0.05, 0) is 12.0 Å². The zero-order valence-corrected chi connectivity index (χ0v) is 8.14. The zero-order chi connectivity index (χ0) is 7.90. The van der Waals surface area contributed by atoms with Crippen molar-refractivity contribution < 1.29 is 0 Å². The molecule has 58 valence electrons. The lowest BCUT2D eigenvalue weighted by Crippen LogP contribution is -2.02. The molecule has 0 aromatic heterocycles. The van der Waals surface area contributed by atoms with Crippen molar-refractivity contribution in [1.29, 1.82) is 0 Å². The van der Waals surface area contributed by atoms with Gasteiger partial charge in [0.2, 0.25) is 0 Å². The first-order valence-electron chi connectivity index (χ1n) is 3.93. The minimum atomic E-state index is 0.418. The van der Waals surface area contributed by atoms with E-state index in [9.17, 15) is 0 Å². The van der Waals surface area contributed by atoms with Gasteiger partial charge in [-0.15, -0.1) is 0 Å². The van der Waals surface area contributed by atoms with Gasteiger partial charge in [0.25, 0.3) is 0 Å². The topological polar surface area (TPSA) is 0 Å². The molecule has 1 saturated carbocycles. The van der Waals surface area contributed by atoms with Crippen LogP contribution in [0.5, 0.6) is 0 Å². The molecule has 1 unspecified atom stereocenters. The van der Waals surface area contributed by atoms with Gasteiger partial charge in [0.05, 0.1) is 0 Å². The summed E-state index contributed by atoms with van der Waals surface area (Å²) >= 11 is 3.64. The minimum Gasteiger partial charge on any atom is -0.0881 e. The summed E-state index contributed by atoms with van der Waals surface area (Å²) in [6, 6.07) is 10.7. The lowest BCUT2D eigenvalue weighted by atomic mass is 9.99. The molecule has 1 aromatic rings. The predicted molar refractivity (Wildman–Crippen MR) is 51.1 cm³/mol. The predicted octanol–water partition coefficient (Wildman–Crippen LogP) is 3.11. The molecule has 0 radical (unpaired) electrons. The molecule has 1 aliphatic rings. The van der Waals surface area contributed by atoms with E-state index in [0.717, 1.165) is 0 Å². The van der Waals surface area contributed by atoms with Gasteiger partial charge in [-0.2, -0.15) is 0 Å². The number of alkyl halides is 1. The van der Waals surface area contributed by atoms with E-state index in [1.165, 1.54) is 12.0 Å². The van der Waals surface area contributed by atoms with Gasteiger partial charge in [-0.25, -0.2) is 0 Å². The first-order valence-corrected chi connectivity index (χ1v) is 4.85. The lowest BCUT2D eigenvalue weighted by Gasteiger charge is -2.07. The van der Waals surface area contributed by atoms with Crippen LogP contribution in [0.4, 0.5) is 0 Å². The Morgan fingerprint density at radius 2 is 1.91 bits per heavy atom. The van der Waals surface area contributed by atoms with E-state index in [1.54, 1.807) is 0 Å². The number of hydrogen-bond acceptors (Lipinski definition) is 0. The molecule has 0 saturated heterocycles. The van der Waals surface area contributed by atoms with Crippen molar-refractivity contribution in [2.45, 2.75) is 23.6 Å². The fourth-order valence-corrected chi connectivity index (χ4v) is 2.37. The van der Waals surface area contributed by atoms with Gasteiger partial charge in [0, 0.05) is 10.2 Å². The first kappa shape index (κ1) is 7.35. The van der Waals surface area contributed by atoms with E-state index >= 15 is 0 Å². The van der Waals surface area contributed by atoms with E-state index < -0.39 is 0 Å². The van der Waals surface area contributed by atoms with Crippen LogP contribution in [0.15, 0.2) is 30.3 Å². The van der Waals surface area contributed by atoms with Crippen molar-refractivity contribution in [1.82, 2.24) is 0 Å². The van der Waals surface area contributed by atoms with Crippen LogP contribution in [-0.4, -0.2) is 4.83 Å². The van der Waals surface area contributed by atoms with Gasteiger partial charge in [-0.1, -0.05) is 53.2 Å². The Balaban J connectivity index is 2.32. The molecule has 0 bridgehead atoms. The molecule has 1 aliphatic carbocycles. The van der Waals surface area contributed by atoms with Crippen LogP contribution in [0.2, 0.25) is 0 Å². The van der Waals surface area contributed by atoms with E-state index in [2.05, 4.69) is 53.2 Å². The van der Waals surface area contributed by atoms with Crippen LogP contribution in [0.1, 0.15) is 18.9 Å². The van der Waals surface area contributed by atoms with Gasteiger partial charge >= 0.3 is 0 Å². The number of halogens is 1. The van der Waals surface area contributed by atoms with Crippen molar-refractivity contribution in [2.75, 3.05) is 0 Å². The van der Waals surface area contributed by atoms with Crippen LogP contribution in [0.3, 0.4) is 0 Å². The Morgan fingerprint density at radius 1 is 1.36 bits per heavy atom. The van der Waals surface area contributed by atoms with Crippen LogP contribution in [-0.2, 0) is 5.41 Å². The standard InChI is InChI=1S/C10H11Br/c1-10(7-9(10)11)8-5-3-2-4-6-8/h2-6,9H,7H2,1H3/t9?,10-/m1/s1. The molecule has 0 aliphatic heterocycles. The Labute approximate surface area is 75.8 Å². The molecule has 2 atom stereocenters. The molecular formula is C10H11Br. The van der Waals surface area contributed by atoms with Crippen molar-refractivity contribution in [3.8, 4) is 0 Å². The molecule has 0 spiro atoms. The molecule has 0 N–H and O–H groups in total. The third-order valence-corrected chi connectivity index (χ3v) is 3.90. The van der Waals surface area contributed by atoms with Crippen molar-refractivity contribution in [2.24, 2.45) is 0 Å². The second kappa shape index (κ2) is 2.34. The Kier molecular flexibility index (Phi) is 1.57. The summed E-state index contributed by atoms with van der Waals surface area (Å²) < 4.78 is 0. The summed E-state index contributed by atoms with van der Waals surface area (Å²) in [4.78, 5) is 0.692. The second-order valence-electron chi connectivity index (χ2n) is 3.46. The van der Waals surface area contributed by atoms with Crippen LogP contribution in [0.25, 0.3) is 0 Å². The molecule has 1 aromatic carbocycles. The van der Waals surface area contributed by atoms with E-state index in [4.69, 9.17) is 0 Å². The van der Waals surface area contributed by atoms with Gasteiger partial charge in [0.15, 0.2) is 0 Å². The normalized spacial score (nSPS) is 35.3. The molecular weight excluding hydrogens is 200 g/mol. The van der Waals surface area contributed by atoms with Gasteiger partial charge in [-0.3, -0.25) is 0 Å². The summed E-state index contributed by atoms with van der Waals surface area (Å²) in [7, 11) is 0. The number of hydrogen-bond donors (Lipinski definition) is 0. The third kappa shape index (κ3) is 1.12. The second-order valence-corrected chi connectivity index (χ2v) is 4.56. The maximum Gasteiger partial charge on any atom is 0.0249 e. The quantitative estimate of drug-likeness (QED) is 0.626. The fourth-order valence-electron chi connectivity index (χ4n) is 1.43. The highest BCUT2D eigenvalue weighted by molar-refractivity contribution is 9.09. The van der Waals surface area contributed by atoms with Crippen LogP contribution < -0.4 is 0 Å². The fraction of sp³-hybridized carbons (Fsp3) is 0.400. The highest BCUT2D eigenvalue weighted by Crippen LogP contribution is 2.52. The average Bonchev–Trinajstić information content (AvgIpc) is 2.64. The van der Waals surface area contributed by atoms with E-state index in [0.29, 0.717) is 10.2 Å². The maximum atomic E-state index is 3.64. The molecule has 0 heterocycles. The summed E-state index contributed by atoms with van der Waals surface area (Å²) in [5, 5.41) is 0. The molecule has 0 amide bonds. The average molecular weight is 211 g/mol.